The van der Waals surface area contributed by atoms with Crippen molar-refractivity contribution in [2.24, 2.45) is 0 Å². The summed E-state index contributed by atoms with van der Waals surface area (Å²) in [5, 5.41) is 5.26. The number of methoxy groups -OCH3 is 1. The molecule has 6 heteroatoms. The molecule has 2 aromatic carbocycles. The molecule has 6 nitrogen and oxygen atoms in total. The van der Waals surface area contributed by atoms with Gasteiger partial charge in [-0.25, -0.2) is 9.59 Å². The van der Waals surface area contributed by atoms with Gasteiger partial charge in [0.15, 0.2) is 6.73 Å². The lowest BCUT2D eigenvalue weighted by molar-refractivity contribution is 0.0600. The third-order valence-corrected chi connectivity index (χ3v) is 3.35. The predicted octanol–water partition coefficient (Wildman–Crippen LogP) is 3.25. The maximum atomic E-state index is 11.8. The monoisotopic (exact) mass is 328 g/mol. The minimum atomic E-state index is -0.423. The molecule has 0 radical (unpaired) electrons. The summed E-state index contributed by atoms with van der Waals surface area (Å²) in [7, 11) is 1.32. The van der Waals surface area contributed by atoms with E-state index in [1.807, 2.05) is 32.0 Å². The first kappa shape index (κ1) is 17.3. The fraction of sp³-hybridized carbons (Fsp3) is 0.222. The van der Waals surface area contributed by atoms with E-state index in [1.54, 1.807) is 24.3 Å². The van der Waals surface area contributed by atoms with Gasteiger partial charge in [-0.1, -0.05) is 17.7 Å². The molecule has 0 heterocycles. The van der Waals surface area contributed by atoms with Gasteiger partial charge in [-0.2, -0.15) is 0 Å². The van der Waals surface area contributed by atoms with Gasteiger partial charge in [0.1, 0.15) is 5.75 Å². The number of carbonyl (C=O) groups is 2. The molecule has 24 heavy (non-hydrogen) atoms. The molecule has 0 saturated carbocycles. The van der Waals surface area contributed by atoms with Crippen LogP contribution in [0.25, 0.3) is 0 Å². The number of esters is 1. The molecule has 2 rings (SSSR count). The fourth-order valence-electron chi connectivity index (χ4n) is 2.12. The van der Waals surface area contributed by atoms with Crippen molar-refractivity contribution in [3.63, 3.8) is 0 Å². The maximum absolute atomic E-state index is 11.8. The van der Waals surface area contributed by atoms with Crippen molar-refractivity contribution >= 4 is 17.7 Å². The molecule has 0 saturated heterocycles. The van der Waals surface area contributed by atoms with Gasteiger partial charge in [-0.15, -0.1) is 0 Å². The van der Waals surface area contributed by atoms with Gasteiger partial charge in [0.25, 0.3) is 0 Å². The number of aryl methyl sites for hydroxylation is 2. The summed E-state index contributed by atoms with van der Waals surface area (Å²) in [6, 6.07) is 11.8. The summed E-state index contributed by atoms with van der Waals surface area (Å²) in [4.78, 5) is 23.2. The van der Waals surface area contributed by atoms with Crippen molar-refractivity contribution in [1.29, 1.82) is 0 Å². The Morgan fingerprint density at radius 3 is 2.38 bits per heavy atom. The fourth-order valence-corrected chi connectivity index (χ4v) is 2.12. The van der Waals surface area contributed by atoms with E-state index in [4.69, 9.17) is 4.74 Å². The minimum absolute atomic E-state index is 0.0516. The normalized spacial score (nSPS) is 9.96. The molecule has 0 bridgehead atoms. The molecule has 2 aromatic rings. The summed E-state index contributed by atoms with van der Waals surface area (Å²) >= 11 is 0. The molecule has 0 atom stereocenters. The second kappa shape index (κ2) is 8.01. The molecule has 2 N–H and O–H groups in total. The second-order valence-electron chi connectivity index (χ2n) is 5.26. The predicted molar refractivity (Wildman–Crippen MR) is 91.3 cm³/mol. The quantitative estimate of drug-likeness (QED) is 0.652. The van der Waals surface area contributed by atoms with E-state index >= 15 is 0 Å². The first-order valence-corrected chi connectivity index (χ1v) is 7.43. The van der Waals surface area contributed by atoms with Crippen LogP contribution >= 0.6 is 0 Å². The number of urea groups is 1. The van der Waals surface area contributed by atoms with E-state index in [0.29, 0.717) is 11.3 Å². The van der Waals surface area contributed by atoms with E-state index in [-0.39, 0.29) is 6.73 Å². The molecular weight excluding hydrogens is 308 g/mol. The van der Waals surface area contributed by atoms with Gasteiger partial charge in [0, 0.05) is 5.69 Å². The summed E-state index contributed by atoms with van der Waals surface area (Å²) in [6.07, 6.45) is 0. The number of rotatable bonds is 5. The van der Waals surface area contributed by atoms with Crippen LogP contribution < -0.4 is 15.4 Å². The Morgan fingerprint density at radius 2 is 1.75 bits per heavy atom. The van der Waals surface area contributed by atoms with Gasteiger partial charge < -0.3 is 20.1 Å². The van der Waals surface area contributed by atoms with Gasteiger partial charge in [0.05, 0.1) is 12.7 Å². The van der Waals surface area contributed by atoms with E-state index in [9.17, 15) is 9.59 Å². The molecule has 2 amide bonds. The average Bonchev–Trinajstić information content (AvgIpc) is 2.57. The van der Waals surface area contributed by atoms with E-state index in [0.717, 1.165) is 16.9 Å². The maximum Gasteiger partial charge on any atom is 0.337 e. The first-order valence-electron chi connectivity index (χ1n) is 7.43. The van der Waals surface area contributed by atoms with Crippen molar-refractivity contribution in [2.45, 2.75) is 13.8 Å². The van der Waals surface area contributed by atoms with Crippen LogP contribution in [0.4, 0.5) is 10.5 Å². The SMILES string of the molecule is COC(=O)c1ccc(NC(=O)NCOc2ccc(C)cc2C)cc1. The third kappa shape index (κ3) is 4.74. The number of benzene rings is 2. The van der Waals surface area contributed by atoms with Crippen LogP contribution in [0, 0.1) is 13.8 Å². The smallest absolute Gasteiger partial charge is 0.337 e. The molecule has 0 aliphatic rings. The molecule has 0 fully saturated rings. The van der Waals surface area contributed by atoms with Crippen LogP contribution in [0.2, 0.25) is 0 Å². The number of hydrogen-bond donors (Lipinski definition) is 2. The summed E-state index contributed by atoms with van der Waals surface area (Å²) in [5.74, 6) is 0.302. The average molecular weight is 328 g/mol. The lowest BCUT2D eigenvalue weighted by Gasteiger charge is -2.11. The molecule has 0 aromatic heterocycles. The van der Waals surface area contributed by atoms with Crippen molar-refractivity contribution in [1.82, 2.24) is 5.32 Å². The third-order valence-electron chi connectivity index (χ3n) is 3.35. The van der Waals surface area contributed by atoms with Crippen molar-refractivity contribution in [2.75, 3.05) is 19.2 Å². The highest BCUT2D eigenvalue weighted by Gasteiger charge is 2.06. The van der Waals surface area contributed by atoms with Crippen LogP contribution in [0.15, 0.2) is 42.5 Å². The number of ether oxygens (including phenoxy) is 2. The Labute approximate surface area is 140 Å². The van der Waals surface area contributed by atoms with E-state index < -0.39 is 12.0 Å². The number of carbonyl (C=O) groups excluding carboxylic acids is 2. The standard InChI is InChI=1S/C18H20N2O4/c1-12-4-9-16(13(2)10-12)24-11-19-18(22)20-15-7-5-14(6-8-15)17(21)23-3/h4-10H,11H2,1-3H3,(H2,19,20,22). The Hall–Kier alpha value is -3.02. The van der Waals surface area contributed by atoms with Gasteiger partial charge in [0.2, 0.25) is 0 Å². The lowest BCUT2D eigenvalue weighted by Crippen LogP contribution is -2.32. The first-order chi connectivity index (χ1) is 11.5. The van der Waals surface area contributed by atoms with Crippen molar-refractivity contribution in [3.05, 3.63) is 59.2 Å². The summed E-state index contributed by atoms with van der Waals surface area (Å²) < 4.78 is 10.1. The Morgan fingerprint density at radius 1 is 1.04 bits per heavy atom. The topological polar surface area (TPSA) is 76.7 Å². The zero-order valence-corrected chi connectivity index (χ0v) is 13.9. The Kier molecular flexibility index (Phi) is 5.78. The molecule has 126 valence electrons. The van der Waals surface area contributed by atoms with Crippen LogP contribution in [0.3, 0.4) is 0 Å². The largest absolute Gasteiger partial charge is 0.473 e. The van der Waals surface area contributed by atoms with Crippen LogP contribution in [0.5, 0.6) is 5.75 Å². The summed E-state index contributed by atoms with van der Waals surface area (Å²) in [5.41, 5.74) is 3.14. The van der Waals surface area contributed by atoms with E-state index in [1.165, 1.54) is 7.11 Å². The molecule has 0 aliphatic heterocycles. The number of anilines is 1. The number of hydrogen-bond acceptors (Lipinski definition) is 4. The zero-order valence-electron chi connectivity index (χ0n) is 13.9. The van der Waals surface area contributed by atoms with Gasteiger partial charge in [-0.05, 0) is 49.7 Å². The Balaban J connectivity index is 1.81. The van der Waals surface area contributed by atoms with Gasteiger partial charge >= 0.3 is 12.0 Å². The van der Waals surface area contributed by atoms with Crippen LogP contribution in [-0.4, -0.2) is 25.8 Å². The Bertz CT molecular complexity index is 726. The number of nitrogens with one attached hydrogen (secondary N) is 2. The molecule has 0 spiro atoms. The van der Waals surface area contributed by atoms with Crippen molar-refractivity contribution in [3.8, 4) is 5.75 Å². The van der Waals surface area contributed by atoms with Gasteiger partial charge in [-0.3, -0.25) is 0 Å². The van der Waals surface area contributed by atoms with Crippen LogP contribution in [-0.2, 0) is 4.74 Å². The highest BCUT2D eigenvalue weighted by atomic mass is 16.5. The van der Waals surface area contributed by atoms with E-state index in [2.05, 4.69) is 15.4 Å². The zero-order chi connectivity index (χ0) is 17.5. The summed E-state index contributed by atoms with van der Waals surface area (Å²) in [6.45, 7) is 4.01. The molecular formula is C18H20N2O4. The second-order valence-corrected chi connectivity index (χ2v) is 5.26. The highest BCUT2D eigenvalue weighted by Crippen LogP contribution is 2.18. The highest BCUT2D eigenvalue weighted by molar-refractivity contribution is 5.92. The molecule has 0 aliphatic carbocycles. The lowest BCUT2D eigenvalue weighted by atomic mass is 10.1. The van der Waals surface area contributed by atoms with Crippen molar-refractivity contribution < 1.29 is 19.1 Å². The minimum Gasteiger partial charge on any atom is -0.473 e. The molecule has 0 unspecified atom stereocenters. The number of amides is 2. The van der Waals surface area contributed by atoms with Crippen LogP contribution in [0.1, 0.15) is 21.5 Å².